The van der Waals surface area contributed by atoms with Crippen LogP contribution >= 0.6 is 22.9 Å². The first kappa shape index (κ1) is 20.2. The highest BCUT2D eigenvalue weighted by molar-refractivity contribution is 7.20. The molecule has 0 radical (unpaired) electrons. The Labute approximate surface area is 184 Å². The van der Waals surface area contributed by atoms with Crippen molar-refractivity contribution in [3.63, 3.8) is 0 Å². The molecule has 0 fully saturated rings. The molecule has 0 aliphatic carbocycles. The predicted molar refractivity (Wildman–Crippen MR) is 125 cm³/mol. The normalized spacial score (nSPS) is 10.7. The zero-order valence-corrected chi connectivity index (χ0v) is 18.0. The number of rotatable bonds is 6. The van der Waals surface area contributed by atoms with Gasteiger partial charge in [-0.25, -0.2) is 0 Å². The number of anilines is 1. The van der Waals surface area contributed by atoms with Gasteiger partial charge < -0.3 is 10.5 Å². The van der Waals surface area contributed by atoms with Gasteiger partial charge in [0.2, 0.25) is 0 Å². The van der Waals surface area contributed by atoms with Gasteiger partial charge in [-0.05, 0) is 59.5 Å². The highest BCUT2D eigenvalue weighted by Gasteiger charge is 2.24. The molecule has 3 aromatic carbocycles. The molecule has 0 amide bonds. The largest absolute Gasteiger partial charge is 0.497 e. The van der Waals surface area contributed by atoms with Gasteiger partial charge in [0.25, 0.3) is 0 Å². The molecule has 0 bridgehead atoms. The summed E-state index contributed by atoms with van der Waals surface area (Å²) in [5.74, 6) is 0.704. The smallest absolute Gasteiger partial charge is 0.196 e. The van der Waals surface area contributed by atoms with Crippen molar-refractivity contribution in [2.45, 2.75) is 6.42 Å². The molecule has 4 rings (SSSR count). The highest BCUT2D eigenvalue weighted by Crippen LogP contribution is 2.41. The average molecular weight is 434 g/mol. The minimum atomic E-state index is -0.0916. The Morgan fingerprint density at radius 2 is 1.63 bits per heavy atom. The van der Waals surface area contributed by atoms with Crippen molar-refractivity contribution in [2.75, 3.05) is 12.8 Å². The Balaban J connectivity index is 1.83. The van der Waals surface area contributed by atoms with E-state index in [0.717, 1.165) is 27.3 Å². The molecule has 0 atom stereocenters. The van der Waals surface area contributed by atoms with E-state index in [1.54, 1.807) is 31.4 Å². The monoisotopic (exact) mass is 433 g/mol. The topological polar surface area (TPSA) is 52.3 Å². The maximum absolute atomic E-state index is 13.4. The van der Waals surface area contributed by atoms with Crippen LogP contribution in [0.1, 0.15) is 27.0 Å². The fourth-order valence-corrected chi connectivity index (χ4v) is 4.63. The highest BCUT2D eigenvalue weighted by atomic mass is 35.5. The van der Waals surface area contributed by atoms with E-state index in [1.807, 2.05) is 54.6 Å². The lowest BCUT2D eigenvalue weighted by molar-refractivity contribution is 0.103. The van der Waals surface area contributed by atoms with Gasteiger partial charge in [-0.15, -0.1) is 11.3 Å². The molecule has 0 aliphatic rings. The van der Waals surface area contributed by atoms with Gasteiger partial charge in [-0.2, -0.15) is 0 Å². The van der Waals surface area contributed by atoms with Crippen LogP contribution in [0, 0.1) is 0 Å². The minimum absolute atomic E-state index is 0.0916. The molecule has 0 saturated carbocycles. The van der Waals surface area contributed by atoms with Crippen LogP contribution in [-0.2, 0) is 6.42 Å². The lowest BCUT2D eigenvalue weighted by Crippen LogP contribution is -2.07. The van der Waals surface area contributed by atoms with Crippen molar-refractivity contribution in [1.29, 1.82) is 0 Å². The van der Waals surface area contributed by atoms with Crippen LogP contribution in [-0.4, -0.2) is 12.9 Å². The predicted octanol–water partition coefficient (Wildman–Crippen LogP) is 6.48. The summed E-state index contributed by atoms with van der Waals surface area (Å²) in [4.78, 5) is 14.4. The van der Waals surface area contributed by atoms with Crippen molar-refractivity contribution < 1.29 is 9.53 Å². The molecule has 1 aromatic heterocycles. The van der Waals surface area contributed by atoms with E-state index in [-0.39, 0.29) is 5.78 Å². The fraction of sp³-hybridized carbons (Fsp3) is 0.0800. The Morgan fingerprint density at radius 1 is 0.967 bits per heavy atom. The number of ketones is 1. The van der Waals surface area contributed by atoms with E-state index in [4.69, 9.17) is 22.1 Å². The van der Waals surface area contributed by atoms with Gasteiger partial charge in [0.15, 0.2) is 5.78 Å². The van der Waals surface area contributed by atoms with E-state index in [9.17, 15) is 4.79 Å². The van der Waals surface area contributed by atoms with E-state index in [2.05, 4.69) is 0 Å². The summed E-state index contributed by atoms with van der Waals surface area (Å²) >= 11 is 7.45. The second kappa shape index (κ2) is 8.74. The van der Waals surface area contributed by atoms with Gasteiger partial charge in [0, 0.05) is 15.5 Å². The number of halogens is 1. The Kier molecular flexibility index (Phi) is 5.88. The first-order chi connectivity index (χ1) is 14.6. The quantitative estimate of drug-likeness (QED) is 0.354. The van der Waals surface area contributed by atoms with E-state index in [0.29, 0.717) is 27.6 Å². The molecule has 0 unspecified atom stereocenters. The summed E-state index contributed by atoms with van der Waals surface area (Å²) in [6.07, 6.45) is 0.594. The molecule has 0 spiro atoms. The molecule has 0 aliphatic heterocycles. The summed E-state index contributed by atoms with van der Waals surface area (Å²) in [5.41, 5.74) is 10.6. The fourth-order valence-electron chi connectivity index (χ4n) is 3.42. The van der Waals surface area contributed by atoms with Crippen LogP contribution in [0.4, 0.5) is 5.00 Å². The molecule has 1 heterocycles. The van der Waals surface area contributed by atoms with Crippen LogP contribution in [0.3, 0.4) is 0 Å². The Bertz CT molecular complexity index is 1170. The van der Waals surface area contributed by atoms with Crippen LogP contribution in [0.15, 0.2) is 78.9 Å². The summed E-state index contributed by atoms with van der Waals surface area (Å²) in [6, 6.07) is 24.8. The molecule has 4 aromatic rings. The van der Waals surface area contributed by atoms with E-state index in [1.165, 1.54) is 11.3 Å². The number of methoxy groups -OCH3 is 1. The summed E-state index contributed by atoms with van der Waals surface area (Å²) < 4.78 is 5.26. The van der Waals surface area contributed by atoms with Crippen molar-refractivity contribution in [3.05, 3.63) is 106 Å². The van der Waals surface area contributed by atoms with Crippen LogP contribution in [0.2, 0.25) is 5.02 Å². The number of carbonyl (C=O) groups excluding carboxylic acids is 1. The third-order valence-corrected chi connectivity index (χ3v) is 6.31. The number of nitrogen functional groups attached to an aromatic ring is 1. The zero-order valence-electron chi connectivity index (χ0n) is 16.4. The Morgan fingerprint density at radius 3 is 2.27 bits per heavy atom. The number of carbonyl (C=O) groups is 1. The van der Waals surface area contributed by atoms with Gasteiger partial charge in [0.1, 0.15) is 5.75 Å². The number of benzene rings is 3. The van der Waals surface area contributed by atoms with Gasteiger partial charge in [-0.3, -0.25) is 4.79 Å². The molecule has 30 heavy (non-hydrogen) atoms. The lowest BCUT2D eigenvalue weighted by atomic mass is 9.94. The number of thiophene rings is 1. The maximum Gasteiger partial charge on any atom is 0.196 e. The second-order valence-electron chi connectivity index (χ2n) is 6.88. The van der Waals surface area contributed by atoms with Crippen LogP contribution in [0.25, 0.3) is 10.4 Å². The van der Waals surface area contributed by atoms with Crippen LogP contribution < -0.4 is 10.5 Å². The third-order valence-electron chi connectivity index (χ3n) is 4.94. The lowest BCUT2D eigenvalue weighted by Gasteiger charge is -2.10. The Hall–Kier alpha value is -3.08. The molecule has 5 heteroatoms. The van der Waals surface area contributed by atoms with Gasteiger partial charge >= 0.3 is 0 Å². The second-order valence-corrected chi connectivity index (χ2v) is 8.36. The van der Waals surface area contributed by atoms with Crippen molar-refractivity contribution in [2.24, 2.45) is 0 Å². The molecular formula is C25H20ClNO2S. The SMILES string of the molecule is COc1ccc(Cc2c(-c3ccccc3)sc(N)c2C(=O)c2ccc(Cl)cc2)cc1. The third kappa shape index (κ3) is 4.11. The van der Waals surface area contributed by atoms with Crippen molar-refractivity contribution >= 4 is 33.7 Å². The number of ether oxygens (including phenoxy) is 1. The van der Waals surface area contributed by atoms with E-state index >= 15 is 0 Å². The van der Waals surface area contributed by atoms with E-state index < -0.39 is 0 Å². The maximum atomic E-state index is 13.4. The van der Waals surface area contributed by atoms with Crippen molar-refractivity contribution in [3.8, 4) is 16.2 Å². The molecule has 0 saturated heterocycles. The number of nitrogens with two attached hydrogens (primary N) is 1. The number of hydrogen-bond acceptors (Lipinski definition) is 4. The summed E-state index contributed by atoms with van der Waals surface area (Å²) in [7, 11) is 1.64. The summed E-state index contributed by atoms with van der Waals surface area (Å²) in [5, 5.41) is 1.12. The standard InChI is InChI=1S/C25H20ClNO2S/c1-29-20-13-7-16(8-14-20)15-21-22(23(28)17-9-11-19(26)12-10-17)25(27)30-24(21)18-5-3-2-4-6-18/h2-14H,15,27H2,1H3. The van der Waals surface area contributed by atoms with Crippen LogP contribution in [0.5, 0.6) is 5.75 Å². The first-order valence-electron chi connectivity index (χ1n) is 9.46. The zero-order chi connectivity index (χ0) is 21.1. The first-order valence-corrected chi connectivity index (χ1v) is 10.7. The molecule has 2 N–H and O–H groups in total. The molecular weight excluding hydrogens is 414 g/mol. The number of hydrogen-bond donors (Lipinski definition) is 1. The summed E-state index contributed by atoms with van der Waals surface area (Å²) in [6.45, 7) is 0. The van der Waals surface area contributed by atoms with Crippen molar-refractivity contribution in [1.82, 2.24) is 0 Å². The van der Waals surface area contributed by atoms with Gasteiger partial charge in [-0.1, -0.05) is 54.1 Å². The molecule has 150 valence electrons. The van der Waals surface area contributed by atoms with Gasteiger partial charge in [0.05, 0.1) is 17.7 Å². The average Bonchev–Trinajstić information content (AvgIpc) is 3.10. The minimum Gasteiger partial charge on any atom is -0.497 e. The molecule has 3 nitrogen and oxygen atoms in total.